The zero-order chi connectivity index (χ0) is 21.0. The van der Waals surface area contributed by atoms with E-state index in [1.807, 2.05) is 50.2 Å². The van der Waals surface area contributed by atoms with Crippen molar-refractivity contribution in [3.63, 3.8) is 0 Å². The van der Waals surface area contributed by atoms with Crippen LogP contribution in [0.2, 0.25) is 0 Å². The van der Waals surface area contributed by atoms with E-state index in [0.29, 0.717) is 22.9 Å². The number of nitrogens with one attached hydrogen (secondary N) is 1. The number of methoxy groups -OCH3 is 2. The molecule has 0 aliphatic rings. The van der Waals surface area contributed by atoms with E-state index >= 15 is 0 Å². The smallest absolute Gasteiger partial charge is 0.233 e. The lowest BCUT2D eigenvalue weighted by Gasteiger charge is -2.15. The number of aromatic nitrogens is 2. The van der Waals surface area contributed by atoms with Crippen LogP contribution >= 0.6 is 0 Å². The van der Waals surface area contributed by atoms with Gasteiger partial charge in [0, 0.05) is 6.92 Å². The van der Waals surface area contributed by atoms with Gasteiger partial charge < -0.3 is 14.2 Å². The second kappa shape index (κ2) is 8.77. The Balaban J connectivity index is 2.12. The predicted molar refractivity (Wildman–Crippen MR) is 113 cm³/mol. The molecule has 0 saturated carbocycles. The topological polar surface area (TPSA) is 82.6 Å². The van der Waals surface area contributed by atoms with Crippen LogP contribution in [-0.4, -0.2) is 36.2 Å². The van der Waals surface area contributed by atoms with Crippen LogP contribution < -0.4 is 19.5 Å². The fourth-order valence-corrected chi connectivity index (χ4v) is 2.87. The molecule has 1 N–H and O–H groups in total. The molecule has 7 heteroatoms. The molecule has 0 saturated heterocycles. The van der Waals surface area contributed by atoms with Crippen molar-refractivity contribution < 1.29 is 19.0 Å². The molecule has 29 heavy (non-hydrogen) atoms. The molecule has 0 aliphatic carbocycles. The largest absolute Gasteiger partial charge is 0.493 e. The summed E-state index contributed by atoms with van der Waals surface area (Å²) in [7, 11) is 3.22. The number of ether oxygens (including phenoxy) is 3. The van der Waals surface area contributed by atoms with Crippen LogP contribution in [-0.2, 0) is 4.79 Å². The van der Waals surface area contributed by atoms with E-state index in [1.165, 1.54) is 6.92 Å². The van der Waals surface area contributed by atoms with Gasteiger partial charge in [-0.15, -0.1) is 0 Å². The van der Waals surface area contributed by atoms with E-state index in [9.17, 15) is 4.79 Å². The normalized spacial score (nSPS) is 11.8. The number of hydrogen-bond donors (Lipinski definition) is 1. The molecule has 1 unspecified atom stereocenters. The second-order valence-corrected chi connectivity index (χ2v) is 6.67. The van der Waals surface area contributed by atoms with E-state index in [1.54, 1.807) is 14.2 Å². The summed E-state index contributed by atoms with van der Waals surface area (Å²) in [5, 5.41) is 3.40. The molecule has 2 aromatic carbocycles. The number of nitrogens with zero attached hydrogens (tertiary/aromatic N) is 2. The summed E-state index contributed by atoms with van der Waals surface area (Å²) >= 11 is 0. The van der Waals surface area contributed by atoms with Gasteiger partial charge in [0.2, 0.25) is 17.7 Å². The number of benzene rings is 2. The Labute approximate surface area is 170 Å². The van der Waals surface area contributed by atoms with Crippen molar-refractivity contribution in [3.05, 3.63) is 36.4 Å². The third-order valence-corrected chi connectivity index (χ3v) is 4.55. The van der Waals surface area contributed by atoms with Crippen LogP contribution in [0.25, 0.3) is 22.0 Å². The van der Waals surface area contributed by atoms with Crippen molar-refractivity contribution >= 4 is 22.8 Å². The highest BCUT2D eigenvalue weighted by Gasteiger charge is 2.14. The summed E-state index contributed by atoms with van der Waals surface area (Å²) in [4.78, 5) is 20.3. The molecule has 3 aromatic rings. The summed E-state index contributed by atoms with van der Waals surface area (Å²) in [6.07, 6.45) is 0.805. The van der Waals surface area contributed by atoms with Crippen molar-refractivity contribution in [3.8, 4) is 28.5 Å². The van der Waals surface area contributed by atoms with Gasteiger partial charge in [0.1, 0.15) is 0 Å². The Morgan fingerprint density at radius 2 is 1.72 bits per heavy atom. The zero-order valence-corrected chi connectivity index (χ0v) is 17.3. The molecule has 3 rings (SSSR count). The van der Waals surface area contributed by atoms with Crippen LogP contribution in [0.1, 0.15) is 27.2 Å². The Kier molecular flexibility index (Phi) is 6.16. The minimum atomic E-state index is -0.235. The first-order chi connectivity index (χ1) is 13.9. The number of fused-ring (bicyclic) bond motifs is 1. The van der Waals surface area contributed by atoms with Gasteiger partial charge in [0.25, 0.3) is 0 Å². The van der Waals surface area contributed by atoms with E-state index in [2.05, 4.69) is 15.3 Å². The number of carbonyl (C=O) groups is 1. The maximum atomic E-state index is 11.4. The number of amides is 1. The first-order valence-electron chi connectivity index (χ1n) is 9.43. The number of rotatable bonds is 7. The molecule has 0 radical (unpaired) electrons. The van der Waals surface area contributed by atoms with Gasteiger partial charge in [-0.25, -0.2) is 4.98 Å². The lowest BCUT2D eigenvalue weighted by Crippen LogP contribution is -2.14. The molecular formula is C22H25N3O4. The zero-order valence-electron chi connectivity index (χ0n) is 17.3. The summed E-state index contributed by atoms with van der Waals surface area (Å²) in [5.41, 5.74) is 2.61. The molecule has 1 atom stereocenters. The van der Waals surface area contributed by atoms with E-state index in [-0.39, 0.29) is 18.0 Å². The Morgan fingerprint density at radius 1 is 1.03 bits per heavy atom. The number of carbonyl (C=O) groups excluding carboxylic acids is 1. The van der Waals surface area contributed by atoms with Crippen molar-refractivity contribution in [1.82, 2.24) is 9.97 Å². The quantitative estimate of drug-likeness (QED) is 0.636. The Bertz CT molecular complexity index is 1040. The molecule has 1 heterocycles. The molecule has 0 aliphatic heterocycles. The van der Waals surface area contributed by atoms with Gasteiger partial charge in [0.15, 0.2) is 11.5 Å². The Hall–Kier alpha value is -3.35. The van der Waals surface area contributed by atoms with E-state index in [0.717, 1.165) is 22.9 Å². The Morgan fingerprint density at radius 3 is 2.38 bits per heavy atom. The van der Waals surface area contributed by atoms with Crippen molar-refractivity contribution in [1.29, 1.82) is 0 Å². The van der Waals surface area contributed by atoms with Gasteiger partial charge in [-0.05, 0) is 48.7 Å². The van der Waals surface area contributed by atoms with Crippen LogP contribution in [0, 0.1) is 0 Å². The lowest BCUT2D eigenvalue weighted by molar-refractivity contribution is -0.114. The standard InChI is InChI=1S/C22H25N3O4/c1-6-13(2)29-21-17-11-15(16-8-10-19(27-4)20(12-16)28-5)7-9-18(17)24-22(25-21)23-14(3)26/h7-13H,6H2,1-5H3,(H,23,24,25,26). The van der Waals surface area contributed by atoms with Gasteiger partial charge in [-0.2, -0.15) is 4.98 Å². The van der Waals surface area contributed by atoms with Gasteiger partial charge in [-0.1, -0.05) is 19.1 Å². The highest BCUT2D eigenvalue weighted by atomic mass is 16.5. The molecule has 0 bridgehead atoms. The van der Waals surface area contributed by atoms with Crippen molar-refractivity contribution in [2.75, 3.05) is 19.5 Å². The van der Waals surface area contributed by atoms with Crippen LogP contribution in [0.15, 0.2) is 36.4 Å². The second-order valence-electron chi connectivity index (χ2n) is 6.67. The monoisotopic (exact) mass is 395 g/mol. The molecule has 0 spiro atoms. The number of anilines is 1. The SMILES string of the molecule is CCC(C)Oc1nc(NC(C)=O)nc2ccc(-c3ccc(OC)c(OC)c3)cc12. The first-order valence-corrected chi connectivity index (χ1v) is 9.43. The summed E-state index contributed by atoms with van der Waals surface area (Å²) < 4.78 is 16.8. The van der Waals surface area contributed by atoms with Gasteiger partial charge >= 0.3 is 0 Å². The molecule has 7 nitrogen and oxygen atoms in total. The predicted octanol–water partition coefficient (Wildman–Crippen LogP) is 4.45. The maximum Gasteiger partial charge on any atom is 0.233 e. The third-order valence-electron chi connectivity index (χ3n) is 4.55. The average Bonchev–Trinajstić information content (AvgIpc) is 2.72. The third kappa shape index (κ3) is 4.56. The number of hydrogen-bond acceptors (Lipinski definition) is 6. The van der Waals surface area contributed by atoms with Crippen molar-refractivity contribution in [2.45, 2.75) is 33.3 Å². The van der Waals surface area contributed by atoms with E-state index in [4.69, 9.17) is 14.2 Å². The highest BCUT2D eigenvalue weighted by molar-refractivity contribution is 5.92. The first kappa shape index (κ1) is 20.4. The minimum Gasteiger partial charge on any atom is -0.493 e. The molecule has 152 valence electrons. The molecule has 1 amide bonds. The molecular weight excluding hydrogens is 370 g/mol. The fraction of sp³-hybridized carbons (Fsp3) is 0.318. The van der Waals surface area contributed by atoms with Crippen LogP contribution in [0.5, 0.6) is 17.4 Å². The highest BCUT2D eigenvalue weighted by Crippen LogP contribution is 2.35. The summed E-state index contributed by atoms with van der Waals surface area (Å²) in [6.45, 7) is 5.44. The van der Waals surface area contributed by atoms with Crippen LogP contribution in [0.3, 0.4) is 0 Å². The fourth-order valence-electron chi connectivity index (χ4n) is 2.87. The summed E-state index contributed by atoms with van der Waals surface area (Å²) in [6, 6.07) is 11.6. The van der Waals surface area contributed by atoms with Gasteiger partial charge in [0.05, 0.1) is 31.2 Å². The van der Waals surface area contributed by atoms with Crippen LogP contribution in [0.4, 0.5) is 5.95 Å². The lowest BCUT2D eigenvalue weighted by atomic mass is 10.0. The van der Waals surface area contributed by atoms with Gasteiger partial charge in [-0.3, -0.25) is 10.1 Å². The minimum absolute atomic E-state index is 0.0250. The van der Waals surface area contributed by atoms with E-state index < -0.39 is 0 Å². The maximum absolute atomic E-state index is 11.4. The average molecular weight is 395 g/mol. The molecule has 1 aromatic heterocycles. The van der Waals surface area contributed by atoms with Crippen molar-refractivity contribution in [2.24, 2.45) is 0 Å². The molecule has 0 fully saturated rings. The summed E-state index contributed by atoms with van der Waals surface area (Å²) in [5.74, 6) is 1.75.